The third kappa shape index (κ3) is 5.48. The van der Waals surface area contributed by atoms with E-state index in [1.54, 1.807) is 63.2 Å². The highest BCUT2D eigenvalue weighted by molar-refractivity contribution is 7.07. The number of nitrogens with zero attached hydrogens (tertiary/aromatic N) is 3. The quantitative estimate of drug-likeness (QED) is 0.153. The molecular weight excluding hydrogens is 574 g/mol. The molecule has 12 heteroatoms. The van der Waals surface area contributed by atoms with Gasteiger partial charge in [-0.3, -0.25) is 19.5 Å². The number of thiazole rings is 1. The zero-order valence-electron chi connectivity index (χ0n) is 24.2. The molecule has 0 N–H and O–H groups in total. The highest BCUT2D eigenvalue weighted by Crippen LogP contribution is 2.40. The molecule has 43 heavy (non-hydrogen) atoms. The number of nitro benzene ring substituents is 1. The monoisotopic (exact) mass is 603 g/mol. The summed E-state index contributed by atoms with van der Waals surface area (Å²) in [7, 11) is 1.52. The van der Waals surface area contributed by atoms with Crippen LogP contribution in [0.3, 0.4) is 0 Å². The van der Waals surface area contributed by atoms with Crippen molar-refractivity contribution in [1.29, 1.82) is 0 Å². The Morgan fingerprint density at radius 1 is 1.16 bits per heavy atom. The molecule has 0 saturated heterocycles. The Kier molecular flexibility index (Phi) is 8.31. The number of para-hydroxylation sites is 1. The SMILES string of the molecule is CCOC(=O)C1=C(C)N=c2s/c(=C/c3ccc(-c4ccc([N+](=O)[O-])cc4C)o3)c(=O)n2[C@@H]1c1cccc(OC)c1OCC. The van der Waals surface area contributed by atoms with Gasteiger partial charge in [0.15, 0.2) is 16.3 Å². The number of rotatable bonds is 9. The van der Waals surface area contributed by atoms with Gasteiger partial charge in [0.2, 0.25) is 0 Å². The number of ether oxygens (including phenoxy) is 3. The lowest BCUT2D eigenvalue weighted by atomic mass is 9.94. The van der Waals surface area contributed by atoms with Crippen LogP contribution in [0.5, 0.6) is 11.5 Å². The second-order valence-corrected chi connectivity index (χ2v) is 10.6. The minimum absolute atomic E-state index is 0.00953. The van der Waals surface area contributed by atoms with Crippen LogP contribution >= 0.6 is 11.3 Å². The number of furan rings is 1. The Morgan fingerprint density at radius 2 is 1.95 bits per heavy atom. The number of allylic oxidation sites excluding steroid dienone is 1. The van der Waals surface area contributed by atoms with Crippen LogP contribution in [-0.4, -0.2) is 35.8 Å². The van der Waals surface area contributed by atoms with Crippen molar-refractivity contribution in [1.82, 2.24) is 4.57 Å². The number of methoxy groups -OCH3 is 1. The summed E-state index contributed by atoms with van der Waals surface area (Å²) in [5.41, 5.74) is 2.20. The largest absolute Gasteiger partial charge is 0.493 e. The van der Waals surface area contributed by atoms with E-state index in [4.69, 9.17) is 18.6 Å². The van der Waals surface area contributed by atoms with Crippen molar-refractivity contribution in [3.63, 3.8) is 0 Å². The van der Waals surface area contributed by atoms with E-state index in [0.29, 0.717) is 61.3 Å². The summed E-state index contributed by atoms with van der Waals surface area (Å²) in [4.78, 5) is 43.0. The van der Waals surface area contributed by atoms with E-state index in [0.717, 1.165) is 11.3 Å². The van der Waals surface area contributed by atoms with E-state index in [1.165, 1.54) is 23.8 Å². The van der Waals surface area contributed by atoms with Crippen molar-refractivity contribution < 1.29 is 28.3 Å². The Balaban J connectivity index is 1.66. The van der Waals surface area contributed by atoms with E-state index in [1.807, 2.05) is 6.92 Å². The lowest BCUT2D eigenvalue weighted by Crippen LogP contribution is -2.40. The lowest BCUT2D eigenvalue weighted by molar-refractivity contribution is -0.384. The molecule has 3 heterocycles. The second-order valence-electron chi connectivity index (χ2n) is 9.57. The fourth-order valence-corrected chi connectivity index (χ4v) is 6.06. The average molecular weight is 604 g/mol. The molecule has 0 amide bonds. The summed E-state index contributed by atoms with van der Waals surface area (Å²) >= 11 is 1.16. The van der Waals surface area contributed by atoms with Crippen LogP contribution in [0, 0.1) is 17.0 Å². The number of carbonyl (C=O) groups excluding carboxylic acids is 1. The van der Waals surface area contributed by atoms with Crippen molar-refractivity contribution in [2.45, 2.75) is 33.7 Å². The normalized spacial score (nSPS) is 14.7. The summed E-state index contributed by atoms with van der Waals surface area (Å²) < 4.78 is 24.7. The third-order valence-electron chi connectivity index (χ3n) is 6.92. The van der Waals surface area contributed by atoms with E-state index in [2.05, 4.69) is 4.99 Å². The maximum atomic E-state index is 14.0. The van der Waals surface area contributed by atoms with Gasteiger partial charge in [-0.2, -0.15) is 0 Å². The number of aryl methyl sites for hydroxylation is 1. The molecule has 1 atom stereocenters. The van der Waals surface area contributed by atoms with Crippen LogP contribution in [0.1, 0.15) is 43.7 Å². The summed E-state index contributed by atoms with van der Waals surface area (Å²) in [6.45, 7) is 7.51. The maximum Gasteiger partial charge on any atom is 0.338 e. The Bertz CT molecular complexity index is 1950. The zero-order valence-corrected chi connectivity index (χ0v) is 25.0. The highest BCUT2D eigenvalue weighted by Gasteiger charge is 2.36. The van der Waals surface area contributed by atoms with Gasteiger partial charge in [-0.25, -0.2) is 9.79 Å². The average Bonchev–Trinajstić information content (AvgIpc) is 3.56. The van der Waals surface area contributed by atoms with Crippen molar-refractivity contribution >= 4 is 29.1 Å². The van der Waals surface area contributed by atoms with Gasteiger partial charge in [-0.1, -0.05) is 23.5 Å². The molecule has 0 fully saturated rings. The van der Waals surface area contributed by atoms with Crippen LogP contribution in [0.15, 0.2) is 74.0 Å². The molecule has 0 bridgehead atoms. The Labute approximate surface area is 250 Å². The van der Waals surface area contributed by atoms with E-state index < -0.39 is 16.9 Å². The lowest BCUT2D eigenvalue weighted by Gasteiger charge is -2.26. The summed E-state index contributed by atoms with van der Waals surface area (Å²) in [5.74, 6) is 1.21. The van der Waals surface area contributed by atoms with Gasteiger partial charge in [0, 0.05) is 29.3 Å². The first kappa shape index (κ1) is 29.5. The van der Waals surface area contributed by atoms with Gasteiger partial charge in [-0.15, -0.1) is 0 Å². The van der Waals surface area contributed by atoms with Crippen molar-refractivity contribution in [3.8, 4) is 22.8 Å². The van der Waals surface area contributed by atoms with Gasteiger partial charge in [-0.05, 0) is 57.5 Å². The molecule has 2 aromatic heterocycles. The standard InChI is InChI=1S/C31H29N3O8S/c1-6-40-28-22(9-8-10-24(28)39-5)27-26(30(36)41-7-2)18(4)32-31-33(27)29(35)25(43-31)16-20-12-14-23(42-20)21-13-11-19(34(37)38)15-17(21)3/h8-16,27H,6-7H2,1-5H3/b25-16+/t27-/m1/s1. The fourth-order valence-electron chi connectivity index (χ4n) is 5.04. The number of benzene rings is 2. The van der Waals surface area contributed by atoms with Gasteiger partial charge >= 0.3 is 5.97 Å². The number of hydrogen-bond acceptors (Lipinski definition) is 10. The Hall–Kier alpha value is -4.97. The predicted molar refractivity (Wildman–Crippen MR) is 160 cm³/mol. The minimum atomic E-state index is -0.885. The molecular formula is C31H29N3O8S. The minimum Gasteiger partial charge on any atom is -0.493 e. The molecule has 0 radical (unpaired) electrons. The number of carbonyl (C=O) groups is 1. The van der Waals surface area contributed by atoms with Gasteiger partial charge in [0.25, 0.3) is 11.2 Å². The van der Waals surface area contributed by atoms with Crippen molar-refractivity contribution in [2.75, 3.05) is 20.3 Å². The third-order valence-corrected chi connectivity index (χ3v) is 7.90. The summed E-state index contributed by atoms with van der Waals surface area (Å²) in [6, 6.07) is 12.4. The number of fused-ring (bicyclic) bond motifs is 1. The molecule has 1 aliphatic heterocycles. The van der Waals surface area contributed by atoms with Crippen molar-refractivity contribution in [2.24, 2.45) is 4.99 Å². The van der Waals surface area contributed by atoms with Crippen LogP contribution in [-0.2, 0) is 9.53 Å². The maximum absolute atomic E-state index is 14.0. The van der Waals surface area contributed by atoms with E-state index >= 15 is 0 Å². The molecule has 2 aromatic carbocycles. The van der Waals surface area contributed by atoms with Crippen molar-refractivity contribution in [3.05, 3.63) is 106 Å². The number of nitro groups is 1. The number of aromatic nitrogens is 1. The molecule has 1 aliphatic rings. The molecule has 0 spiro atoms. The first-order valence-electron chi connectivity index (χ1n) is 13.5. The first-order chi connectivity index (χ1) is 20.7. The molecule has 0 unspecified atom stereocenters. The Morgan fingerprint density at radius 3 is 2.63 bits per heavy atom. The summed E-state index contributed by atoms with van der Waals surface area (Å²) in [5, 5.41) is 11.1. The fraction of sp³-hybridized carbons (Fsp3) is 0.258. The molecule has 11 nitrogen and oxygen atoms in total. The zero-order chi connectivity index (χ0) is 30.8. The predicted octanol–water partition coefficient (Wildman–Crippen LogP) is 4.68. The molecule has 5 rings (SSSR count). The van der Waals surface area contributed by atoms with Gasteiger partial charge in [0.05, 0.1) is 41.0 Å². The van der Waals surface area contributed by atoms with E-state index in [-0.39, 0.29) is 23.4 Å². The van der Waals surface area contributed by atoms with Crippen LogP contribution in [0.2, 0.25) is 0 Å². The topological polar surface area (TPSA) is 135 Å². The number of esters is 1. The van der Waals surface area contributed by atoms with Crippen LogP contribution in [0.4, 0.5) is 5.69 Å². The highest BCUT2D eigenvalue weighted by atomic mass is 32.1. The smallest absolute Gasteiger partial charge is 0.338 e. The number of non-ortho nitro benzene ring substituents is 1. The van der Waals surface area contributed by atoms with Crippen LogP contribution < -0.4 is 24.4 Å². The summed E-state index contributed by atoms with van der Waals surface area (Å²) in [6.07, 6.45) is 1.61. The molecule has 0 aliphatic carbocycles. The first-order valence-corrected chi connectivity index (χ1v) is 14.3. The molecule has 4 aromatic rings. The van der Waals surface area contributed by atoms with Gasteiger partial charge in [0.1, 0.15) is 17.6 Å². The molecule has 222 valence electrons. The molecule has 0 saturated carbocycles. The van der Waals surface area contributed by atoms with E-state index in [9.17, 15) is 19.7 Å². The van der Waals surface area contributed by atoms with Gasteiger partial charge < -0.3 is 18.6 Å². The second kappa shape index (κ2) is 12.1. The van der Waals surface area contributed by atoms with Crippen LogP contribution in [0.25, 0.3) is 17.4 Å². The number of hydrogen-bond donors (Lipinski definition) is 0.